The summed E-state index contributed by atoms with van der Waals surface area (Å²) in [5.74, 6) is 1.72. The summed E-state index contributed by atoms with van der Waals surface area (Å²) in [6, 6.07) is 8.07. The average molecular weight is 405 g/mol. The molecule has 8 nitrogen and oxygen atoms in total. The van der Waals surface area contributed by atoms with E-state index in [4.69, 9.17) is 5.73 Å². The topological polar surface area (TPSA) is 114 Å². The van der Waals surface area contributed by atoms with E-state index in [0.717, 1.165) is 40.8 Å². The molecule has 0 spiro atoms. The summed E-state index contributed by atoms with van der Waals surface area (Å²) in [7, 11) is 0. The zero-order valence-corrected chi connectivity index (χ0v) is 16.5. The lowest BCUT2D eigenvalue weighted by Crippen LogP contribution is -2.45. The molecule has 4 heterocycles. The summed E-state index contributed by atoms with van der Waals surface area (Å²) in [4.78, 5) is 13.7. The number of rotatable bonds is 6. The molecule has 4 rings (SSSR count). The van der Waals surface area contributed by atoms with Gasteiger partial charge in [0, 0.05) is 42.8 Å². The van der Waals surface area contributed by atoms with Crippen LogP contribution >= 0.6 is 0 Å². The minimum absolute atomic E-state index is 0. The Morgan fingerprint density at radius 2 is 2.03 bits per heavy atom. The Hall–Kier alpha value is -3.39. The van der Waals surface area contributed by atoms with Crippen LogP contribution in [0.1, 0.15) is 38.3 Å². The van der Waals surface area contributed by atoms with Crippen LogP contribution in [-0.2, 0) is 0 Å². The van der Waals surface area contributed by atoms with Gasteiger partial charge in [0.2, 0.25) is 0 Å². The van der Waals surface area contributed by atoms with Crippen LogP contribution in [0.5, 0.6) is 0 Å². The molecule has 4 N–H and O–H groups in total. The fourth-order valence-electron chi connectivity index (χ4n) is 2.90. The Bertz CT molecular complexity index is 1070. The van der Waals surface area contributed by atoms with Gasteiger partial charge in [-0.2, -0.15) is 5.10 Å². The highest BCUT2D eigenvalue weighted by molar-refractivity contribution is 6.10. The first kappa shape index (κ1) is 21.3. The SMILES string of the molecule is C.CC(C)c1cnnc(Nc2ccc3ncc(C(C=NC4CNC4)=CN)cc3n2)c1. The summed E-state index contributed by atoms with van der Waals surface area (Å²) in [6.07, 6.45) is 6.93. The van der Waals surface area contributed by atoms with E-state index < -0.39 is 0 Å². The minimum atomic E-state index is 0. The van der Waals surface area contributed by atoms with E-state index >= 15 is 0 Å². The predicted octanol–water partition coefficient (Wildman–Crippen LogP) is 3.27. The third-order valence-electron chi connectivity index (χ3n) is 4.83. The number of hydrogen-bond acceptors (Lipinski definition) is 8. The van der Waals surface area contributed by atoms with Crippen molar-refractivity contribution >= 4 is 34.5 Å². The van der Waals surface area contributed by atoms with Gasteiger partial charge >= 0.3 is 0 Å². The van der Waals surface area contributed by atoms with E-state index in [1.165, 1.54) is 0 Å². The summed E-state index contributed by atoms with van der Waals surface area (Å²) in [5.41, 5.74) is 10.2. The second kappa shape index (κ2) is 9.41. The maximum absolute atomic E-state index is 5.82. The van der Waals surface area contributed by atoms with Gasteiger partial charge in [0.25, 0.3) is 0 Å². The Morgan fingerprint density at radius 1 is 1.20 bits per heavy atom. The average Bonchev–Trinajstić information content (AvgIpc) is 2.69. The van der Waals surface area contributed by atoms with E-state index in [1.54, 1.807) is 18.6 Å². The molecule has 0 aromatic carbocycles. The van der Waals surface area contributed by atoms with Gasteiger partial charge in [0.05, 0.1) is 23.3 Å². The van der Waals surface area contributed by atoms with E-state index in [2.05, 4.69) is 49.6 Å². The Morgan fingerprint density at radius 3 is 2.73 bits per heavy atom. The molecule has 0 bridgehead atoms. The molecule has 1 fully saturated rings. The first-order valence-electron chi connectivity index (χ1n) is 9.65. The molecular weight excluding hydrogens is 376 g/mol. The summed E-state index contributed by atoms with van der Waals surface area (Å²) in [6.45, 7) is 6.05. The zero-order valence-electron chi connectivity index (χ0n) is 16.5. The molecule has 0 saturated carbocycles. The van der Waals surface area contributed by atoms with E-state index in [-0.39, 0.29) is 7.43 Å². The normalized spacial score (nSPS) is 14.7. The van der Waals surface area contributed by atoms with Crippen molar-refractivity contribution in [3.63, 3.8) is 0 Å². The second-order valence-electron chi connectivity index (χ2n) is 7.32. The van der Waals surface area contributed by atoms with E-state index in [1.807, 2.05) is 30.5 Å². The minimum Gasteiger partial charge on any atom is -0.404 e. The van der Waals surface area contributed by atoms with Crippen molar-refractivity contribution in [2.24, 2.45) is 10.7 Å². The standard InChI is InChI=1S/C21H24N8.CH4/c1-13(2)14-6-21(29-26-10-14)28-20-4-3-18-19(27-20)5-15(8-25-18)16(7-22)9-24-17-11-23-12-17;/h3-10,13,17,23H,11-12,22H2,1-2H3,(H,27,28,29);1H4. The fourth-order valence-corrected chi connectivity index (χ4v) is 2.90. The quantitative estimate of drug-likeness (QED) is 0.540. The Labute approximate surface area is 176 Å². The maximum atomic E-state index is 5.82. The fraction of sp³-hybridized carbons (Fsp3) is 0.318. The molecule has 0 amide bonds. The molecule has 1 aliphatic heterocycles. The van der Waals surface area contributed by atoms with E-state index in [0.29, 0.717) is 23.6 Å². The van der Waals surface area contributed by atoms with Gasteiger partial charge in [-0.25, -0.2) is 4.98 Å². The van der Waals surface area contributed by atoms with Crippen molar-refractivity contribution in [2.75, 3.05) is 18.4 Å². The maximum Gasteiger partial charge on any atom is 0.154 e. The molecule has 0 unspecified atom stereocenters. The number of nitrogens with two attached hydrogens (primary N) is 1. The number of hydrogen-bond donors (Lipinski definition) is 3. The lowest BCUT2D eigenvalue weighted by atomic mass is 10.1. The van der Waals surface area contributed by atoms with Crippen LogP contribution in [0.4, 0.5) is 11.6 Å². The molecule has 3 aromatic heterocycles. The number of aliphatic imine (C=N–C) groups is 1. The number of nitrogens with zero attached hydrogens (tertiary/aromatic N) is 5. The first-order valence-corrected chi connectivity index (χ1v) is 9.65. The Kier molecular flexibility index (Phi) is 6.68. The molecule has 8 heteroatoms. The van der Waals surface area contributed by atoms with Gasteiger partial charge in [-0.05, 0) is 35.7 Å². The van der Waals surface area contributed by atoms with Gasteiger partial charge in [-0.1, -0.05) is 21.3 Å². The summed E-state index contributed by atoms with van der Waals surface area (Å²) < 4.78 is 0. The molecule has 3 aromatic rings. The largest absolute Gasteiger partial charge is 0.404 e. The monoisotopic (exact) mass is 404 g/mol. The van der Waals surface area contributed by atoms with Crippen molar-refractivity contribution in [1.29, 1.82) is 0 Å². The van der Waals surface area contributed by atoms with Crippen LogP contribution in [0, 0.1) is 0 Å². The molecule has 1 aliphatic rings. The molecule has 30 heavy (non-hydrogen) atoms. The number of pyridine rings is 2. The molecule has 1 saturated heterocycles. The predicted molar refractivity (Wildman–Crippen MR) is 123 cm³/mol. The van der Waals surface area contributed by atoms with Gasteiger partial charge in [0.1, 0.15) is 5.82 Å². The molecule has 0 aliphatic carbocycles. The van der Waals surface area contributed by atoms with Crippen LogP contribution in [0.15, 0.2) is 47.9 Å². The van der Waals surface area contributed by atoms with Gasteiger partial charge in [-0.3, -0.25) is 9.98 Å². The highest BCUT2D eigenvalue weighted by Crippen LogP contribution is 2.21. The zero-order chi connectivity index (χ0) is 20.2. The van der Waals surface area contributed by atoms with Gasteiger partial charge in [-0.15, -0.1) is 5.10 Å². The third-order valence-corrected chi connectivity index (χ3v) is 4.83. The van der Waals surface area contributed by atoms with Gasteiger partial charge < -0.3 is 16.4 Å². The highest BCUT2D eigenvalue weighted by atomic mass is 15.2. The Balaban J connectivity index is 0.00000256. The summed E-state index contributed by atoms with van der Waals surface area (Å²) >= 11 is 0. The summed E-state index contributed by atoms with van der Waals surface area (Å²) in [5, 5.41) is 14.6. The number of fused-ring (bicyclic) bond motifs is 1. The van der Waals surface area contributed by atoms with Crippen LogP contribution in [0.2, 0.25) is 0 Å². The number of anilines is 2. The first-order chi connectivity index (χ1) is 14.1. The molecule has 156 valence electrons. The highest BCUT2D eigenvalue weighted by Gasteiger charge is 2.14. The molecule has 0 radical (unpaired) electrons. The van der Waals surface area contributed by atoms with Crippen LogP contribution in [0.3, 0.4) is 0 Å². The number of nitrogens with one attached hydrogen (secondary N) is 2. The molecular formula is C22H28N8. The lowest BCUT2D eigenvalue weighted by Gasteiger charge is -2.22. The van der Waals surface area contributed by atoms with Crippen LogP contribution in [0.25, 0.3) is 16.6 Å². The number of aromatic nitrogens is 4. The van der Waals surface area contributed by atoms with Crippen LogP contribution < -0.4 is 16.4 Å². The lowest BCUT2D eigenvalue weighted by molar-refractivity contribution is 0.449. The van der Waals surface area contributed by atoms with E-state index in [9.17, 15) is 0 Å². The number of allylic oxidation sites excluding steroid dienone is 1. The third kappa shape index (κ3) is 4.77. The van der Waals surface area contributed by atoms with Crippen molar-refractivity contribution in [1.82, 2.24) is 25.5 Å². The second-order valence-corrected chi connectivity index (χ2v) is 7.32. The van der Waals surface area contributed by atoms with Crippen molar-refractivity contribution in [3.05, 3.63) is 54.0 Å². The van der Waals surface area contributed by atoms with Crippen molar-refractivity contribution in [3.8, 4) is 0 Å². The van der Waals surface area contributed by atoms with Crippen molar-refractivity contribution in [2.45, 2.75) is 33.2 Å². The molecule has 0 atom stereocenters. The van der Waals surface area contributed by atoms with Crippen molar-refractivity contribution < 1.29 is 0 Å². The smallest absolute Gasteiger partial charge is 0.154 e. The van der Waals surface area contributed by atoms with Gasteiger partial charge in [0.15, 0.2) is 5.82 Å². The van der Waals surface area contributed by atoms with Crippen LogP contribution in [-0.4, -0.2) is 45.5 Å².